The maximum Gasteiger partial charge on any atom is 0.223 e. The van der Waals surface area contributed by atoms with Crippen molar-refractivity contribution in [3.63, 3.8) is 0 Å². The van der Waals surface area contributed by atoms with Gasteiger partial charge in [0.15, 0.2) is 0 Å². The molecule has 2 rings (SSSR count). The van der Waals surface area contributed by atoms with Crippen molar-refractivity contribution in [3.8, 4) is 0 Å². The number of primary amides is 1. The minimum atomic E-state index is -0.689. The largest absolute Gasteiger partial charge is 0.369 e. The van der Waals surface area contributed by atoms with Crippen LogP contribution >= 0.6 is 0 Å². The Balaban J connectivity index is 2.31. The zero-order chi connectivity index (χ0) is 13.9. The van der Waals surface area contributed by atoms with E-state index in [0.717, 1.165) is 22.8 Å². The fourth-order valence-electron chi connectivity index (χ4n) is 2.37. The van der Waals surface area contributed by atoms with Gasteiger partial charge < -0.3 is 15.5 Å². The second-order valence-electron chi connectivity index (χ2n) is 5.17. The third-order valence-corrected chi connectivity index (χ3v) is 3.66. The van der Waals surface area contributed by atoms with E-state index in [1.54, 1.807) is 0 Å². The van der Waals surface area contributed by atoms with E-state index in [1.807, 2.05) is 37.4 Å². The van der Waals surface area contributed by atoms with Gasteiger partial charge in [-0.15, -0.1) is 0 Å². The van der Waals surface area contributed by atoms with Crippen molar-refractivity contribution in [1.29, 1.82) is 0 Å². The van der Waals surface area contributed by atoms with E-state index in [2.05, 4.69) is 4.98 Å². The van der Waals surface area contributed by atoms with Gasteiger partial charge in [-0.2, -0.15) is 0 Å². The van der Waals surface area contributed by atoms with Gasteiger partial charge in [0, 0.05) is 23.5 Å². The van der Waals surface area contributed by atoms with Gasteiger partial charge in [0.2, 0.25) is 5.91 Å². The van der Waals surface area contributed by atoms with Gasteiger partial charge in [0.05, 0.1) is 5.41 Å². The number of benzene rings is 1. The number of aromatic amines is 1. The van der Waals surface area contributed by atoms with Crippen molar-refractivity contribution in [3.05, 3.63) is 36.0 Å². The molecule has 0 aliphatic rings. The van der Waals surface area contributed by atoms with Gasteiger partial charge in [0.1, 0.15) is 6.29 Å². The highest BCUT2D eigenvalue weighted by Gasteiger charge is 2.31. The first kappa shape index (κ1) is 13.3. The van der Waals surface area contributed by atoms with Crippen molar-refractivity contribution in [2.45, 2.75) is 26.2 Å². The van der Waals surface area contributed by atoms with Gasteiger partial charge in [-0.05, 0) is 24.5 Å². The molecule has 0 saturated heterocycles. The molecule has 0 aliphatic heterocycles. The van der Waals surface area contributed by atoms with Crippen molar-refractivity contribution in [2.75, 3.05) is 0 Å². The smallest absolute Gasteiger partial charge is 0.223 e. The molecule has 0 fully saturated rings. The summed E-state index contributed by atoms with van der Waals surface area (Å²) in [4.78, 5) is 25.4. The van der Waals surface area contributed by atoms with Crippen molar-refractivity contribution < 1.29 is 9.59 Å². The minimum absolute atomic E-state index is 0.349. The van der Waals surface area contributed by atoms with E-state index < -0.39 is 5.41 Å². The van der Waals surface area contributed by atoms with Crippen LogP contribution in [0.25, 0.3) is 10.9 Å². The van der Waals surface area contributed by atoms with Gasteiger partial charge >= 0.3 is 0 Å². The Morgan fingerprint density at radius 3 is 2.84 bits per heavy atom. The highest BCUT2D eigenvalue weighted by Crippen LogP contribution is 2.30. The maximum absolute atomic E-state index is 11.7. The second kappa shape index (κ2) is 5.26. The van der Waals surface area contributed by atoms with Crippen molar-refractivity contribution in [1.82, 2.24) is 4.98 Å². The molecule has 0 spiro atoms. The zero-order valence-corrected chi connectivity index (χ0v) is 11.0. The molecule has 1 aromatic heterocycles. The molecule has 1 amide bonds. The summed E-state index contributed by atoms with van der Waals surface area (Å²) in [6.07, 6.45) is 4.11. The molecule has 0 aliphatic carbocycles. The summed E-state index contributed by atoms with van der Waals surface area (Å²) in [6.45, 7) is 1.82. The normalized spacial score (nSPS) is 14.2. The minimum Gasteiger partial charge on any atom is -0.369 e. The number of aromatic nitrogens is 1. The average Bonchev–Trinajstić information content (AvgIpc) is 2.80. The second-order valence-corrected chi connectivity index (χ2v) is 5.17. The van der Waals surface area contributed by atoms with Crippen LogP contribution in [0.5, 0.6) is 0 Å². The number of nitrogens with one attached hydrogen (secondary N) is 1. The number of aldehydes is 1. The summed E-state index contributed by atoms with van der Waals surface area (Å²) in [6, 6.07) is 7.93. The number of H-pyrrole nitrogens is 1. The van der Waals surface area contributed by atoms with E-state index in [4.69, 9.17) is 5.73 Å². The van der Waals surface area contributed by atoms with Crippen LogP contribution in [-0.2, 0) is 16.0 Å². The van der Waals surface area contributed by atoms with Gasteiger partial charge in [-0.25, -0.2) is 0 Å². The highest BCUT2D eigenvalue weighted by atomic mass is 16.1. The van der Waals surface area contributed by atoms with Crippen LogP contribution in [0.3, 0.4) is 0 Å². The number of amides is 1. The molecule has 4 heteroatoms. The molecule has 1 aromatic carbocycles. The lowest BCUT2D eigenvalue weighted by molar-refractivity contribution is -0.127. The fraction of sp³-hybridized carbons (Fsp3) is 0.333. The summed E-state index contributed by atoms with van der Waals surface area (Å²) >= 11 is 0. The van der Waals surface area contributed by atoms with E-state index in [1.165, 1.54) is 0 Å². The third-order valence-electron chi connectivity index (χ3n) is 3.66. The molecule has 2 aromatic rings. The zero-order valence-electron chi connectivity index (χ0n) is 11.0. The van der Waals surface area contributed by atoms with Gasteiger partial charge in [-0.3, -0.25) is 4.79 Å². The Kier molecular flexibility index (Phi) is 3.69. The molecule has 100 valence electrons. The Bertz CT molecular complexity index is 603. The Morgan fingerprint density at radius 2 is 2.16 bits per heavy atom. The van der Waals surface area contributed by atoms with Crippen molar-refractivity contribution in [2.24, 2.45) is 11.1 Å². The number of fused-ring (bicyclic) bond motifs is 1. The summed E-state index contributed by atoms with van der Waals surface area (Å²) in [5.41, 5.74) is 6.92. The number of para-hydroxylation sites is 1. The summed E-state index contributed by atoms with van der Waals surface area (Å²) < 4.78 is 0. The van der Waals surface area contributed by atoms with E-state index in [9.17, 15) is 9.59 Å². The summed E-state index contributed by atoms with van der Waals surface area (Å²) in [5.74, 6) is -0.361. The maximum atomic E-state index is 11.7. The molecular formula is C15H18N2O2. The predicted octanol–water partition coefficient (Wildman–Crippen LogP) is 2.18. The molecular weight excluding hydrogens is 240 g/mol. The molecule has 0 radical (unpaired) electrons. The monoisotopic (exact) mass is 258 g/mol. The molecule has 4 nitrogen and oxygen atoms in total. The quantitative estimate of drug-likeness (QED) is 0.779. The Morgan fingerprint density at radius 1 is 1.42 bits per heavy atom. The number of carbonyl (C=O) groups is 2. The average molecular weight is 258 g/mol. The van der Waals surface area contributed by atoms with Crippen LogP contribution in [0.4, 0.5) is 0 Å². The molecule has 0 saturated carbocycles. The molecule has 1 heterocycles. The highest BCUT2D eigenvalue weighted by molar-refractivity contribution is 5.85. The van der Waals surface area contributed by atoms with Crippen LogP contribution in [0.2, 0.25) is 0 Å². The Labute approximate surface area is 112 Å². The predicted molar refractivity (Wildman–Crippen MR) is 74.6 cm³/mol. The number of hydrogen-bond donors (Lipinski definition) is 2. The summed E-state index contributed by atoms with van der Waals surface area (Å²) in [7, 11) is 0. The molecule has 0 unspecified atom stereocenters. The lowest BCUT2D eigenvalue weighted by atomic mass is 9.79. The number of rotatable bonds is 6. The first-order valence-electron chi connectivity index (χ1n) is 6.35. The van der Waals surface area contributed by atoms with Crippen LogP contribution in [0.15, 0.2) is 30.5 Å². The number of carbonyl (C=O) groups excluding carboxylic acids is 2. The van der Waals surface area contributed by atoms with E-state index >= 15 is 0 Å². The Hall–Kier alpha value is -2.10. The van der Waals surface area contributed by atoms with Gasteiger partial charge in [0.25, 0.3) is 0 Å². The first-order valence-corrected chi connectivity index (χ1v) is 6.35. The first-order chi connectivity index (χ1) is 9.07. The van der Waals surface area contributed by atoms with Crippen LogP contribution in [-0.4, -0.2) is 17.2 Å². The molecule has 19 heavy (non-hydrogen) atoms. The topological polar surface area (TPSA) is 75.9 Å². The van der Waals surface area contributed by atoms with E-state index in [0.29, 0.717) is 19.3 Å². The van der Waals surface area contributed by atoms with Crippen molar-refractivity contribution >= 4 is 23.1 Å². The SMILES string of the molecule is C[C@@](CCC=O)(Cc1c[nH]c2ccccc12)C(N)=O. The number of hydrogen-bond acceptors (Lipinski definition) is 2. The van der Waals surface area contributed by atoms with Crippen LogP contribution in [0.1, 0.15) is 25.3 Å². The fourth-order valence-corrected chi connectivity index (χ4v) is 2.37. The molecule has 3 N–H and O–H groups in total. The van der Waals surface area contributed by atoms with E-state index in [-0.39, 0.29) is 5.91 Å². The number of nitrogens with two attached hydrogens (primary N) is 1. The van der Waals surface area contributed by atoms with Crippen LogP contribution in [0, 0.1) is 5.41 Å². The lowest BCUT2D eigenvalue weighted by Crippen LogP contribution is -2.36. The summed E-state index contributed by atoms with van der Waals surface area (Å²) in [5, 5.41) is 1.10. The van der Waals surface area contributed by atoms with Crippen LogP contribution < -0.4 is 5.73 Å². The third kappa shape index (κ3) is 2.67. The molecule has 1 atom stereocenters. The molecule has 0 bridgehead atoms. The van der Waals surface area contributed by atoms with Gasteiger partial charge in [-0.1, -0.05) is 25.1 Å². The lowest BCUT2D eigenvalue weighted by Gasteiger charge is -2.24. The standard InChI is InChI=1S/C15H18N2O2/c1-15(14(16)19,7-4-8-18)9-11-10-17-13-6-3-2-5-12(11)13/h2-3,5-6,8,10,17H,4,7,9H2,1H3,(H2,16,19)/t15-/m1/s1.